The number of nitrogens with one attached hydrogen (secondary N) is 1. The summed E-state index contributed by atoms with van der Waals surface area (Å²) in [5, 5.41) is 2.43. The Morgan fingerprint density at radius 1 is 1.16 bits per heavy atom. The second kappa shape index (κ2) is 9.65. The van der Waals surface area contributed by atoms with Crippen molar-refractivity contribution in [3.8, 4) is 17.1 Å². The van der Waals surface area contributed by atoms with Gasteiger partial charge in [-0.3, -0.25) is 14.0 Å². The maximum absolute atomic E-state index is 15.6. The standard InChI is InChI=1S/C20H21FN6O3S/c1-4-20(21,15-8-9-23-19(26-15)31(3)29)18(28)27-16-7-6-13(10-24-16)14-11-22-12-17(25-14)30-5-2/h6-12H,4-5H2,1-3H3,(H,24,27,28). The SMILES string of the molecule is CCOc1cncc(-c2ccc(NC(=O)C(F)(CC)c3ccnc(S(C)=O)n3)nc2)n1. The summed E-state index contributed by atoms with van der Waals surface area (Å²) in [6.45, 7) is 3.83. The Labute approximate surface area is 181 Å². The van der Waals surface area contributed by atoms with E-state index in [9.17, 15) is 9.00 Å². The first-order valence-corrected chi connectivity index (χ1v) is 11.0. The Kier molecular flexibility index (Phi) is 6.95. The number of alkyl halides is 1. The van der Waals surface area contributed by atoms with Crippen LogP contribution < -0.4 is 10.1 Å². The molecule has 1 N–H and O–H groups in total. The van der Waals surface area contributed by atoms with Gasteiger partial charge >= 0.3 is 0 Å². The van der Waals surface area contributed by atoms with Gasteiger partial charge in [-0.25, -0.2) is 24.3 Å². The van der Waals surface area contributed by atoms with Gasteiger partial charge in [-0.1, -0.05) is 6.92 Å². The first kappa shape index (κ1) is 22.3. The molecule has 3 rings (SSSR count). The average molecular weight is 444 g/mol. The van der Waals surface area contributed by atoms with Crippen LogP contribution in [-0.4, -0.2) is 47.9 Å². The summed E-state index contributed by atoms with van der Waals surface area (Å²) in [6, 6.07) is 4.50. The van der Waals surface area contributed by atoms with Crippen LogP contribution in [0.4, 0.5) is 10.2 Å². The van der Waals surface area contributed by atoms with Crippen LogP contribution in [0.15, 0.2) is 48.1 Å². The van der Waals surface area contributed by atoms with Crippen LogP contribution in [0, 0.1) is 0 Å². The van der Waals surface area contributed by atoms with Gasteiger partial charge in [0.2, 0.25) is 16.7 Å². The van der Waals surface area contributed by atoms with E-state index in [1.54, 1.807) is 12.3 Å². The van der Waals surface area contributed by atoms with Crippen LogP contribution in [0.1, 0.15) is 26.0 Å². The Balaban J connectivity index is 1.80. The van der Waals surface area contributed by atoms with Crippen molar-refractivity contribution in [1.29, 1.82) is 0 Å². The molecule has 0 fully saturated rings. The van der Waals surface area contributed by atoms with Crippen LogP contribution in [-0.2, 0) is 21.3 Å². The van der Waals surface area contributed by atoms with E-state index < -0.39 is 22.4 Å². The number of anilines is 1. The fourth-order valence-electron chi connectivity index (χ4n) is 2.70. The molecule has 11 heteroatoms. The highest BCUT2D eigenvalue weighted by atomic mass is 32.2. The second-order valence-electron chi connectivity index (χ2n) is 6.40. The molecule has 0 aliphatic heterocycles. The lowest BCUT2D eigenvalue weighted by atomic mass is 9.97. The zero-order valence-corrected chi connectivity index (χ0v) is 18.0. The maximum atomic E-state index is 15.6. The van der Waals surface area contributed by atoms with Gasteiger partial charge in [0.25, 0.3) is 5.91 Å². The highest BCUT2D eigenvalue weighted by molar-refractivity contribution is 7.84. The smallest absolute Gasteiger partial charge is 0.269 e. The van der Waals surface area contributed by atoms with Crippen molar-refractivity contribution in [2.45, 2.75) is 31.1 Å². The lowest BCUT2D eigenvalue weighted by molar-refractivity contribution is -0.128. The number of rotatable bonds is 8. The lowest BCUT2D eigenvalue weighted by Crippen LogP contribution is -2.37. The van der Waals surface area contributed by atoms with Gasteiger partial charge in [-0.15, -0.1) is 0 Å². The Bertz CT molecular complexity index is 1100. The minimum absolute atomic E-state index is 0.0429. The van der Waals surface area contributed by atoms with Crippen LogP contribution in [0.5, 0.6) is 5.88 Å². The molecule has 3 aromatic rings. The summed E-state index contributed by atoms with van der Waals surface area (Å²) in [6.07, 6.45) is 7.04. The van der Waals surface area contributed by atoms with E-state index in [-0.39, 0.29) is 23.1 Å². The van der Waals surface area contributed by atoms with Gasteiger partial charge in [0.1, 0.15) is 5.82 Å². The molecule has 0 radical (unpaired) electrons. The molecule has 3 heterocycles. The fourth-order valence-corrected chi connectivity index (χ4v) is 3.13. The van der Waals surface area contributed by atoms with Gasteiger partial charge in [0.05, 0.1) is 41.2 Å². The van der Waals surface area contributed by atoms with Gasteiger partial charge in [0.15, 0.2) is 0 Å². The molecule has 0 aliphatic rings. The molecule has 0 saturated heterocycles. The van der Waals surface area contributed by atoms with Crippen molar-refractivity contribution < 1.29 is 18.1 Å². The van der Waals surface area contributed by atoms with Crippen LogP contribution in [0.2, 0.25) is 0 Å². The van der Waals surface area contributed by atoms with E-state index in [0.29, 0.717) is 23.7 Å². The summed E-state index contributed by atoms with van der Waals surface area (Å²) in [7, 11) is -1.50. The van der Waals surface area contributed by atoms with Gasteiger partial charge in [0, 0.05) is 24.2 Å². The summed E-state index contributed by atoms with van der Waals surface area (Å²) in [5.41, 5.74) is -1.40. The minimum Gasteiger partial charge on any atom is -0.477 e. The first-order valence-electron chi connectivity index (χ1n) is 9.46. The Morgan fingerprint density at radius 2 is 1.97 bits per heavy atom. The summed E-state index contributed by atoms with van der Waals surface area (Å²) in [5.74, 6) is -0.383. The number of carbonyl (C=O) groups is 1. The average Bonchev–Trinajstić information content (AvgIpc) is 2.79. The molecule has 2 atom stereocenters. The summed E-state index contributed by atoms with van der Waals surface area (Å²) in [4.78, 5) is 33.1. The predicted molar refractivity (Wildman–Crippen MR) is 113 cm³/mol. The Morgan fingerprint density at radius 3 is 2.61 bits per heavy atom. The lowest BCUT2D eigenvalue weighted by Gasteiger charge is -2.22. The molecular formula is C20H21FN6O3S. The van der Waals surface area contributed by atoms with Gasteiger partial charge in [-0.2, -0.15) is 0 Å². The normalized spacial score (nSPS) is 13.8. The van der Waals surface area contributed by atoms with Crippen LogP contribution in [0.25, 0.3) is 11.3 Å². The molecule has 1 amide bonds. The fraction of sp³-hybridized carbons (Fsp3) is 0.300. The van der Waals surface area contributed by atoms with Crippen molar-refractivity contribution >= 4 is 22.5 Å². The number of ether oxygens (including phenoxy) is 1. The number of hydrogen-bond acceptors (Lipinski definition) is 8. The zero-order valence-electron chi connectivity index (χ0n) is 17.2. The summed E-state index contributed by atoms with van der Waals surface area (Å²) < 4.78 is 32.5. The molecule has 9 nitrogen and oxygen atoms in total. The number of carbonyl (C=O) groups excluding carboxylic acids is 1. The van der Waals surface area contributed by atoms with Gasteiger partial charge in [-0.05, 0) is 31.5 Å². The first-order chi connectivity index (χ1) is 14.9. The van der Waals surface area contributed by atoms with E-state index in [0.717, 1.165) is 0 Å². The highest BCUT2D eigenvalue weighted by Crippen LogP contribution is 2.30. The summed E-state index contributed by atoms with van der Waals surface area (Å²) >= 11 is 0. The van der Waals surface area contributed by atoms with Gasteiger partial charge < -0.3 is 10.1 Å². The number of nitrogens with zero attached hydrogens (tertiary/aromatic N) is 5. The third-order valence-corrected chi connectivity index (χ3v) is 5.06. The second-order valence-corrected chi connectivity index (χ2v) is 7.67. The molecule has 3 aromatic heterocycles. The highest BCUT2D eigenvalue weighted by Gasteiger charge is 2.41. The predicted octanol–water partition coefficient (Wildman–Crippen LogP) is 2.68. The topological polar surface area (TPSA) is 120 Å². The number of halogens is 1. The van der Waals surface area contributed by atoms with E-state index in [2.05, 4.69) is 30.2 Å². The van der Waals surface area contributed by atoms with Crippen molar-refractivity contribution in [1.82, 2.24) is 24.9 Å². The van der Waals surface area contributed by atoms with Crippen molar-refractivity contribution in [2.75, 3.05) is 18.2 Å². The molecule has 0 aromatic carbocycles. The van der Waals surface area contributed by atoms with E-state index in [4.69, 9.17) is 4.74 Å². The molecule has 162 valence electrons. The molecule has 0 bridgehead atoms. The molecule has 2 unspecified atom stereocenters. The van der Waals surface area contributed by atoms with Crippen molar-refractivity contribution in [3.63, 3.8) is 0 Å². The van der Waals surface area contributed by atoms with E-state index in [1.165, 1.54) is 43.9 Å². The molecule has 0 aliphatic carbocycles. The molecule has 31 heavy (non-hydrogen) atoms. The van der Waals surface area contributed by atoms with Crippen molar-refractivity contribution in [3.05, 3.63) is 48.7 Å². The number of hydrogen-bond donors (Lipinski definition) is 1. The number of aromatic nitrogens is 5. The van der Waals surface area contributed by atoms with Crippen LogP contribution in [0.3, 0.4) is 0 Å². The maximum Gasteiger partial charge on any atom is 0.269 e. The number of pyridine rings is 1. The zero-order chi connectivity index (χ0) is 22.4. The Hall–Kier alpha value is -3.34. The molecule has 0 spiro atoms. The van der Waals surface area contributed by atoms with Crippen LogP contribution >= 0.6 is 0 Å². The molecular weight excluding hydrogens is 423 g/mol. The largest absolute Gasteiger partial charge is 0.477 e. The monoisotopic (exact) mass is 444 g/mol. The van der Waals surface area contributed by atoms with Crippen molar-refractivity contribution in [2.24, 2.45) is 0 Å². The molecule has 0 saturated carbocycles. The third-order valence-electron chi connectivity index (χ3n) is 4.35. The van der Waals surface area contributed by atoms with E-state index >= 15 is 4.39 Å². The minimum atomic E-state index is -2.44. The quantitative estimate of drug-likeness (QED) is 0.527. The third kappa shape index (κ3) is 5.05. The van der Waals surface area contributed by atoms with E-state index in [1.807, 2.05) is 6.92 Å². The number of amides is 1.